The number of hydrogen-bond acceptors (Lipinski definition) is 2. The molecule has 0 spiro atoms. The van der Waals surface area contributed by atoms with Crippen molar-refractivity contribution in [1.82, 2.24) is 4.57 Å². The average Bonchev–Trinajstić information content (AvgIpc) is 2.96. The fourth-order valence-corrected chi connectivity index (χ4v) is 2.54. The number of aromatic nitrogens is 1. The number of phenols is 1. The molecular formula is C18H18N2O2. The van der Waals surface area contributed by atoms with Crippen LogP contribution in [0.5, 0.6) is 5.75 Å². The molecule has 0 saturated carbocycles. The van der Waals surface area contributed by atoms with E-state index in [9.17, 15) is 9.90 Å². The van der Waals surface area contributed by atoms with Crippen molar-refractivity contribution in [3.8, 4) is 5.75 Å². The molecule has 1 aromatic heterocycles. The van der Waals surface area contributed by atoms with Crippen LogP contribution in [0.1, 0.15) is 6.42 Å². The normalized spacial score (nSPS) is 10.8. The van der Waals surface area contributed by atoms with E-state index < -0.39 is 0 Å². The number of aromatic hydroxyl groups is 1. The first-order valence-corrected chi connectivity index (χ1v) is 7.24. The Kier molecular flexibility index (Phi) is 3.83. The topological polar surface area (TPSA) is 45.5 Å². The number of phenolic OH excluding ortho intramolecular Hbond substituents is 1. The smallest absolute Gasteiger partial charge is 0.228 e. The molecule has 0 radical (unpaired) electrons. The van der Waals surface area contributed by atoms with Gasteiger partial charge in [-0.15, -0.1) is 0 Å². The largest absolute Gasteiger partial charge is 0.508 e. The first-order valence-electron chi connectivity index (χ1n) is 7.24. The number of hydrogen-bond donors (Lipinski definition) is 1. The Hall–Kier alpha value is -2.75. The van der Waals surface area contributed by atoms with Gasteiger partial charge in [0.2, 0.25) is 5.91 Å². The van der Waals surface area contributed by atoms with Crippen LogP contribution in [-0.4, -0.2) is 22.6 Å². The van der Waals surface area contributed by atoms with E-state index in [0.717, 1.165) is 11.2 Å². The van der Waals surface area contributed by atoms with Crippen molar-refractivity contribution in [3.63, 3.8) is 0 Å². The highest BCUT2D eigenvalue weighted by molar-refractivity contribution is 5.92. The second-order valence-corrected chi connectivity index (χ2v) is 5.29. The van der Waals surface area contributed by atoms with Gasteiger partial charge in [-0.3, -0.25) is 4.79 Å². The van der Waals surface area contributed by atoms with E-state index in [1.807, 2.05) is 18.3 Å². The number of anilines is 1. The Morgan fingerprint density at radius 2 is 1.82 bits per heavy atom. The summed E-state index contributed by atoms with van der Waals surface area (Å²) >= 11 is 0. The molecule has 4 heteroatoms. The van der Waals surface area contributed by atoms with Gasteiger partial charge in [-0.1, -0.05) is 18.2 Å². The third-order valence-electron chi connectivity index (χ3n) is 3.86. The summed E-state index contributed by atoms with van der Waals surface area (Å²) in [6.07, 6.45) is 2.44. The standard InChI is InChI=1S/C18H18N2O2/c1-19(15-6-8-16(21)9-7-15)18(22)11-13-20-12-10-14-4-2-3-5-17(14)20/h2-10,12,21H,11,13H2,1H3. The number of fused-ring (bicyclic) bond motifs is 1. The molecular weight excluding hydrogens is 276 g/mol. The van der Waals surface area contributed by atoms with Crippen molar-refractivity contribution in [2.75, 3.05) is 11.9 Å². The van der Waals surface area contributed by atoms with Crippen molar-refractivity contribution >= 4 is 22.5 Å². The Morgan fingerprint density at radius 1 is 1.09 bits per heavy atom. The predicted molar refractivity (Wildman–Crippen MR) is 88.1 cm³/mol. The molecule has 3 aromatic rings. The number of benzene rings is 2. The highest BCUT2D eigenvalue weighted by Crippen LogP contribution is 2.19. The van der Waals surface area contributed by atoms with Crippen LogP contribution in [0.2, 0.25) is 0 Å². The third-order valence-corrected chi connectivity index (χ3v) is 3.86. The van der Waals surface area contributed by atoms with Crippen molar-refractivity contribution in [1.29, 1.82) is 0 Å². The Morgan fingerprint density at radius 3 is 2.59 bits per heavy atom. The van der Waals surface area contributed by atoms with Crippen LogP contribution >= 0.6 is 0 Å². The molecule has 4 nitrogen and oxygen atoms in total. The van der Waals surface area contributed by atoms with E-state index >= 15 is 0 Å². The molecule has 0 bridgehead atoms. The number of carbonyl (C=O) groups is 1. The number of amides is 1. The SMILES string of the molecule is CN(C(=O)CCn1ccc2ccccc21)c1ccc(O)cc1. The van der Waals surface area contributed by atoms with Gasteiger partial charge in [0.15, 0.2) is 0 Å². The van der Waals surface area contributed by atoms with Crippen LogP contribution < -0.4 is 4.90 Å². The maximum atomic E-state index is 12.3. The fraction of sp³-hybridized carbons (Fsp3) is 0.167. The van der Waals surface area contributed by atoms with Crippen molar-refractivity contribution in [2.45, 2.75) is 13.0 Å². The third kappa shape index (κ3) is 2.81. The lowest BCUT2D eigenvalue weighted by atomic mass is 10.2. The first kappa shape index (κ1) is 14.2. The molecule has 0 saturated heterocycles. The highest BCUT2D eigenvalue weighted by Gasteiger charge is 2.11. The average molecular weight is 294 g/mol. The molecule has 1 N–H and O–H groups in total. The zero-order valence-electron chi connectivity index (χ0n) is 12.4. The van der Waals surface area contributed by atoms with E-state index in [1.54, 1.807) is 36.2 Å². The summed E-state index contributed by atoms with van der Waals surface area (Å²) in [4.78, 5) is 13.9. The molecule has 0 aliphatic carbocycles. The number of rotatable bonds is 4. The van der Waals surface area contributed by atoms with E-state index in [0.29, 0.717) is 13.0 Å². The second-order valence-electron chi connectivity index (χ2n) is 5.29. The van der Waals surface area contributed by atoms with Gasteiger partial charge in [-0.25, -0.2) is 0 Å². The maximum absolute atomic E-state index is 12.3. The van der Waals surface area contributed by atoms with Crippen molar-refractivity contribution < 1.29 is 9.90 Å². The Labute approximate surface area is 129 Å². The van der Waals surface area contributed by atoms with Gasteiger partial charge in [0, 0.05) is 37.4 Å². The summed E-state index contributed by atoms with van der Waals surface area (Å²) in [6, 6.07) is 16.8. The number of nitrogens with zero attached hydrogens (tertiary/aromatic N) is 2. The molecule has 22 heavy (non-hydrogen) atoms. The van der Waals surface area contributed by atoms with Gasteiger partial charge < -0.3 is 14.6 Å². The van der Waals surface area contributed by atoms with E-state index in [-0.39, 0.29) is 11.7 Å². The minimum atomic E-state index is 0.0449. The van der Waals surface area contributed by atoms with E-state index in [1.165, 1.54) is 5.39 Å². The molecule has 3 rings (SSSR count). The molecule has 0 aliphatic heterocycles. The zero-order valence-corrected chi connectivity index (χ0v) is 12.4. The van der Waals surface area contributed by atoms with Gasteiger partial charge >= 0.3 is 0 Å². The number of para-hydroxylation sites is 1. The quantitative estimate of drug-likeness (QED) is 0.801. The summed E-state index contributed by atoms with van der Waals surface area (Å²) in [7, 11) is 1.75. The van der Waals surface area contributed by atoms with E-state index in [4.69, 9.17) is 0 Å². The lowest BCUT2D eigenvalue weighted by Crippen LogP contribution is -2.26. The van der Waals surface area contributed by atoms with Crippen molar-refractivity contribution in [3.05, 3.63) is 60.8 Å². The van der Waals surface area contributed by atoms with Crippen LogP contribution in [0.4, 0.5) is 5.69 Å². The Bertz CT molecular complexity index is 790. The zero-order chi connectivity index (χ0) is 15.5. The van der Waals surface area contributed by atoms with Crippen LogP contribution in [0.25, 0.3) is 10.9 Å². The monoisotopic (exact) mass is 294 g/mol. The lowest BCUT2D eigenvalue weighted by Gasteiger charge is -2.17. The summed E-state index contributed by atoms with van der Waals surface area (Å²) in [5.74, 6) is 0.242. The number of carbonyl (C=O) groups excluding carboxylic acids is 1. The summed E-state index contributed by atoms with van der Waals surface area (Å²) in [6.45, 7) is 0.648. The van der Waals surface area contributed by atoms with Crippen LogP contribution in [-0.2, 0) is 11.3 Å². The maximum Gasteiger partial charge on any atom is 0.228 e. The van der Waals surface area contributed by atoms with Gasteiger partial charge in [0.05, 0.1) is 0 Å². The fourth-order valence-electron chi connectivity index (χ4n) is 2.54. The lowest BCUT2D eigenvalue weighted by molar-refractivity contribution is -0.118. The minimum absolute atomic E-state index is 0.0449. The summed E-state index contributed by atoms with van der Waals surface area (Å²) in [5, 5.41) is 10.5. The van der Waals surface area contributed by atoms with Gasteiger partial charge in [-0.05, 0) is 41.8 Å². The van der Waals surface area contributed by atoms with Crippen LogP contribution in [0.3, 0.4) is 0 Å². The van der Waals surface area contributed by atoms with Gasteiger partial charge in [0.25, 0.3) is 0 Å². The summed E-state index contributed by atoms with van der Waals surface area (Å²) in [5.41, 5.74) is 1.92. The molecule has 0 unspecified atom stereocenters. The molecule has 0 atom stereocenters. The van der Waals surface area contributed by atoms with Gasteiger partial charge in [-0.2, -0.15) is 0 Å². The molecule has 1 amide bonds. The second kappa shape index (κ2) is 5.93. The summed E-state index contributed by atoms with van der Waals surface area (Å²) < 4.78 is 2.10. The molecule has 1 heterocycles. The van der Waals surface area contributed by atoms with Gasteiger partial charge in [0.1, 0.15) is 5.75 Å². The highest BCUT2D eigenvalue weighted by atomic mass is 16.3. The van der Waals surface area contributed by atoms with Crippen molar-refractivity contribution in [2.24, 2.45) is 0 Å². The van der Waals surface area contributed by atoms with E-state index in [2.05, 4.69) is 22.8 Å². The molecule has 2 aromatic carbocycles. The molecule has 0 fully saturated rings. The number of aryl methyl sites for hydroxylation is 1. The van der Waals surface area contributed by atoms with Crippen LogP contribution in [0, 0.1) is 0 Å². The first-order chi connectivity index (χ1) is 10.6. The minimum Gasteiger partial charge on any atom is -0.508 e. The van der Waals surface area contributed by atoms with Crippen LogP contribution in [0.15, 0.2) is 60.8 Å². The molecule has 112 valence electrons. The predicted octanol–water partition coefficient (Wildman–Crippen LogP) is 3.40. The Balaban J connectivity index is 1.68. The molecule has 0 aliphatic rings.